The molecule has 1 aromatic carbocycles. The Hall–Kier alpha value is -1.35. The first-order valence-corrected chi connectivity index (χ1v) is 10.6. The van der Waals surface area contributed by atoms with Crippen LogP contribution in [0.5, 0.6) is 5.75 Å². The van der Waals surface area contributed by atoms with Crippen molar-refractivity contribution in [1.82, 2.24) is 0 Å². The van der Waals surface area contributed by atoms with Gasteiger partial charge < -0.3 is 4.74 Å². The van der Waals surface area contributed by atoms with Crippen molar-refractivity contribution in [2.45, 2.75) is 86.7 Å². The molecule has 28 heavy (non-hydrogen) atoms. The number of carbonyl (C=O) groups is 2. The minimum Gasteiger partial charge on any atom is -0.479 e. The Morgan fingerprint density at radius 3 is 2.00 bits per heavy atom. The lowest BCUT2D eigenvalue weighted by atomic mass is 9.74. The number of hydrogen-bond acceptors (Lipinski definition) is 3. The van der Waals surface area contributed by atoms with Gasteiger partial charge in [-0.1, -0.05) is 73.6 Å². The first-order chi connectivity index (χ1) is 12.7. The molecular weight excluding hydrogens is 372 g/mol. The van der Waals surface area contributed by atoms with Crippen molar-refractivity contribution in [3.63, 3.8) is 0 Å². The number of benzene rings is 1. The van der Waals surface area contributed by atoms with E-state index in [4.69, 9.17) is 16.3 Å². The van der Waals surface area contributed by atoms with Crippen molar-refractivity contribution in [3.8, 4) is 5.75 Å². The molecule has 0 fully saturated rings. The minimum atomic E-state index is -1.09. The van der Waals surface area contributed by atoms with E-state index >= 15 is 0 Å². The Morgan fingerprint density at radius 2 is 1.57 bits per heavy atom. The third-order valence-corrected chi connectivity index (χ3v) is 5.10. The van der Waals surface area contributed by atoms with Gasteiger partial charge in [0.1, 0.15) is 5.75 Å². The van der Waals surface area contributed by atoms with Crippen LogP contribution in [0.4, 0.5) is 0 Å². The topological polar surface area (TPSA) is 43.4 Å². The Labute approximate surface area is 176 Å². The largest absolute Gasteiger partial charge is 0.479 e. The minimum absolute atomic E-state index is 0.0838. The zero-order chi connectivity index (χ0) is 21.8. The molecule has 1 aromatic rings. The van der Waals surface area contributed by atoms with Crippen LogP contribution in [-0.4, -0.2) is 16.6 Å². The molecule has 4 heteroatoms. The molecule has 0 amide bonds. The maximum absolute atomic E-state index is 13.5. The second-order valence-corrected chi connectivity index (χ2v) is 10.5. The van der Waals surface area contributed by atoms with E-state index < -0.39 is 16.8 Å². The smallest absolute Gasteiger partial charge is 0.232 e. The monoisotopic (exact) mass is 408 g/mol. The molecule has 0 aliphatic rings. The summed E-state index contributed by atoms with van der Waals surface area (Å²) in [5.41, 5.74) is -0.0873. The SMILES string of the molecule is CCC(C(=O)Cl)C(=O)C(CC)(CC(C)(C)C)Oc1ccccc1CC(C)(C)C. The summed E-state index contributed by atoms with van der Waals surface area (Å²) in [5.74, 6) is -0.342. The molecule has 0 spiro atoms. The van der Waals surface area contributed by atoms with Crippen molar-refractivity contribution >= 4 is 22.6 Å². The van der Waals surface area contributed by atoms with E-state index in [2.05, 4.69) is 41.5 Å². The van der Waals surface area contributed by atoms with Crippen LogP contribution in [0.2, 0.25) is 0 Å². The van der Waals surface area contributed by atoms with Gasteiger partial charge in [0, 0.05) is 0 Å². The average Bonchev–Trinajstić information content (AvgIpc) is 2.53. The molecule has 0 saturated heterocycles. The standard InChI is InChI=1S/C24H37ClO3/c1-9-18(21(25)27)20(26)24(10-2,16-23(6,7)8)28-19-14-12-11-13-17(19)15-22(3,4)5/h11-14,18H,9-10,15-16H2,1-8H3. The first-order valence-electron chi connectivity index (χ1n) is 10.3. The van der Waals surface area contributed by atoms with Crippen molar-refractivity contribution in [2.24, 2.45) is 16.7 Å². The number of rotatable bonds is 9. The van der Waals surface area contributed by atoms with Gasteiger partial charge in [-0.2, -0.15) is 0 Å². The highest BCUT2D eigenvalue weighted by atomic mass is 35.5. The zero-order valence-electron chi connectivity index (χ0n) is 18.8. The molecule has 2 atom stereocenters. The second-order valence-electron chi connectivity index (χ2n) is 10.2. The molecule has 0 heterocycles. The fourth-order valence-corrected chi connectivity index (χ4v) is 3.95. The molecule has 0 N–H and O–H groups in total. The van der Waals surface area contributed by atoms with Crippen LogP contribution in [-0.2, 0) is 16.0 Å². The maximum atomic E-state index is 13.5. The number of carbonyl (C=O) groups excluding carboxylic acids is 2. The highest BCUT2D eigenvalue weighted by molar-refractivity contribution is 6.65. The molecule has 1 rings (SSSR count). The van der Waals surface area contributed by atoms with Crippen LogP contribution >= 0.6 is 11.6 Å². The van der Waals surface area contributed by atoms with Crippen LogP contribution in [0.15, 0.2) is 24.3 Å². The fraction of sp³-hybridized carbons (Fsp3) is 0.667. The van der Waals surface area contributed by atoms with Gasteiger partial charge in [0.2, 0.25) is 5.24 Å². The summed E-state index contributed by atoms with van der Waals surface area (Å²) in [6.45, 7) is 16.5. The van der Waals surface area contributed by atoms with Gasteiger partial charge in [0.25, 0.3) is 0 Å². The summed E-state index contributed by atoms with van der Waals surface area (Å²) in [7, 11) is 0. The molecule has 0 aromatic heterocycles. The van der Waals surface area contributed by atoms with Crippen LogP contribution in [0.25, 0.3) is 0 Å². The second kappa shape index (κ2) is 9.43. The molecule has 158 valence electrons. The van der Waals surface area contributed by atoms with E-state index in [1.807, 2.05) is 38.1 Å². The van der Waals surface area contributed by atoms with Gasteiger partial charge >= 0.3 is 0 Å². The Kier molecular flexibility index (Phi) is 8.32. The van der Waals surface area contributed by atoms with Gasteiger partial charge in [-0.3, -0.25) is 9.59 Å². The van der Waals surface area contributed by atoms with Gasteiger partial charge in [0.15, 0.2) is 11.4 Å². The molecule has 0 saturated carbocycles. The van der Waals surface area contributed by atoms with E-state index in [0.29, 0.717) is 25.0 Å². The fourth-order valence-electron chi connectivity index (χ4n) is 3.70. The van der Waals surface area contributed by atoms with Crippen molar-refractivity contribution in [3.05, 3.63) is 29.8 Å². The maximum Gasteiger partial charge on any atom is 0.232 e. The Morgan fingerprint density at radius 1 is 1.00 bits per heavy atom. The third kappa shape index (κ3) is 6.92. The van der Waals surface area contributed by atoms with Gasteiger partial charge in [-0.25, -0.2) is 0 Å². The lowest BCUT2D eigenvalue weighted by molar-refractivity contribution is -0.144. The lowest BCUT2D eigenvalue weighted by Crippen LogP contribution is -2.51. The summed E-state index contributed by atoms with van der Waals surface area (Å²) in [6.07, 6.45) is 2.20. The third-order valence-electron chi connectivity index (χ3n) is 4.83. The van der Waals surface area contributed by atoms with E-state index in [0.717, 1.165) is 12.0 Å². The van der Waals surface area contributed by atoms with Crippen LogP contribution in [0.3, 0.4) is 0 Å². The summed E-state index contributed by atoms with van der Waals surface area (Å²) < 4.78 is 6.54. The quantitative estimate of drug-likeness (QED) is 0.341. The number of para-hydroxylation sites is 1. The molecule has 2 unspecified atom stereocenters. The number of halogens is 1. The molecule has 3 nitrogen and oxygen atoms in total. The van der Waals surface area contributed by atoms with Crippen molar-refractivity contribution < 1.29 is 14.3 Å². The Bertz CT molecular complexity index is 682. The number of Topliss-reactive ketones (excluding diaryl/α,β-unsaturated/α-hetero) is 1. The van der Waals surface area contributed by atoms with Crippen molar-refractivity contribution in [1.29, 1.82) is 0 Å². The summed E-state index contributed by atoms with van der Waals surface area (Å²) in [4.78, 5) is 25.5. The van der Waals surface area contributed by atoms with E-state index in [9.17, 15) is 9.59 Å². The lowest BCUT2D eigenvalue weighted by Gasteiger charge is -2.39. The highest BCUT2D eigenvalue weighted by Gasteiger charge is 2.46. The summed E-state index contributed by atoms with van der Waals surface area (Å²) >= 11 is 5.78. The predicted molar refractivity (Wildman–Crippen MR) is 117 cm³/mol. The molecular formula is C24H37ClO3. The molecule has 0 aliphatic carbocycles. The van der Waals surface area contributed by atoms with Gasteiger partial charge in [-0.05, 0) is 59.7 Å². The summed E-state index contributed by atoms with van der Waals surface area (Å²) in [5, 5.41) is -0.606. The Balaban J connectivity index is 3.46. The van der Waals surface area contributed by atoms with Crippen LogP contribution in [0.1, 0.15) is 80.2 Å². The number of ketones is 1. The molecule has 0 bridgehead atoms. The summed E-state index contributed by atoms with van der Waals surface area (Å²) in [6, 6.07) is 7.88. The van der Waals surface area contributed by atoms with Gasteiger partial charge in [-0.15, -0.1) is 0 Å². The highest BCUT2D eigenvalue weighted by Crippen LogP contribution is 2.39. The number of ether oxygens (including phenoxy) is 1. The number of hydrogen-bond donors (Lipinski definition) is 0. The van der Waals surface area contributed by atoms with E-state index in [-0.39, 0.29) is 16.6 Å². The molecule has 0 radical (unpaired) electrons. The zero-order valence-corrected chi connectivity index (χ0v) is 19.6. The van der Waals surface area contributed by atoms with Crippen molar-refractivity contribution in [2.75, 3.05) is 0 Å². The van der Waals surface area contributed by atoms with Crippen LogP contribution in [0, 0.1) is 16.7 Å². The van der Waals surface area contributed by atoms with Gasteiger partial charge in [0.05, 0.1) is 5.92 Å². The first kappa shape index (κ1) is 24.7. The normalized spacial score (nSPS) is 15.6. The van der Waals surface area contributed by atoms with E-state index in [1.165, 1.54) is 0 Å². The predicted octanol–water partition coefficient (Wildman–Crippen LogP) is 6.60. The van der Waals surface area contributed by atoms with E-state index in [1.54, 1.807) is 0 Å². The van der Waals surface area contributed by atoms with Crippen LogP contribution < -0.4 is 4.74 Å². The average molecular weight is 409 g/mol. The molecule has 0 aliphatic heterocycles.